The zero-order valence-electron chi connectivity index (χ0n) is 33.9. The molecule has 0 amide bonds. The van der Waals surface area contributed by atoms with E-state index in [2.05, 4.69) is 185 Å². The number of fused-ring (bicyclic) bond motifs is 10. The fourth-order valence-corrected chi connectivity index (χ4v) is 10.9. The summed E-state index contributed by atoms with van der Waals surface area (Å²) in [7, 11) is 0. The van der Waals surface area contributed by atoms with E-state index in [1.807, 2.05) is 47.7 Å². The van der Waals surface area contributed by atoms with Gasteiger partial charge in [0.15, 0.2) is 17.5 Å². The summed E-state index contributed by atoms with van der Waals surface area (Å²) in [6.45, 7) is 0. The Bertz CT molecular complexity index is 3830. The zero-order valence-corrected chi connectivity index (χ0v) is 34.7. The van der Waals surface area contributed by atoms with E-state index in [0.29, 0.717) is 17.5 Å². The second-order valence-corrected chi connectivity index (χ2v) is 17.0. The highest BCUT2D eigenvalue weighted by Gasteiger charge is 2.24. The molecule has 0 fully saturated rings. The van der Waals surface area contributed by atoms with E-state index in [1.54, 1.807) is 0 Å². The van der Waals surface area contributed by atoms with E-state index in [-0.39, 0.29) is 0 Å². The maximum atomic E-state index is 5.22. The van der Waals surface area contributed by atoms with Gasteiger partial charge in [-0.15, -0.1) is 11.3 Å². The summed E-state index contributed by atoms with van der Waals surface area (Å²) in [5.41, 5.74) is 12.2. The average molecular weight is 822 g/mol. The van der Waals surface area contributed by atoms with E-state index in [1.165, 1.54) is 64.3 Å². The van der Waals surface area contributed by atoms with Crippen LogP contribution >= 0.6 is 11.3 Å². The van der Waals surface area contributed by atoms with Crippen LogP contribution < -0.4 is 0 Å². The Morgan fingerprint density at radius 3 is 1.60 bits per heavy atom. The van der Waals surface area contributed by atoms with Gasteiger partial charge in [-0.2, -0.15) is 0 Å². The van der Waals surface area contributed by atoms with Gasteiger partial charge >= 0.3 is 0 Å². The van der Waals surface area contributed by atoms with Crippen molar-refractivity contribution < 1.29 is 0 Å². The van der Waals surface area contributed by atoms with Gasteiger partial charge in [0.05, 0.1) is 37.2 Å². The smallest absolute Gasteiger partial charge is 0.164 e. The van der Waals surface area contributed by atoms with Gasteiger partial charge in [-0.1, -0.05) is 176 Å². The van der Waals surface area contributed by atoms with Crippen molar-refractivity contribution in [2.24, 2.45) is 0 Å². The predicted octanol–water partition coefficient (Wildman–Crippen LogP) is 15.1. The van der Waals surface area contributed by atoms with Crippen molar-refractivity contribution in [1.29, 1.82) is 0 Å². The molecule has 4 heterocycles. The van der Waals surface area contributed by atoms with Crippen molar-refractivity contribution in [2.75, 3.05) is 0 Å². The first kappa shape index (κ1) is 35.6. The van der Waals surface area contributed by atoms with Gasteiger partial charge in [-0.3, -0.25) is 0 Å². The maximum Gasteiger partial charge on any atom is 0.164 e. The molecule has 9 aromatic carbocycles. The zero-order chi connectivity index (χ0) is 41.4. The van der Waals surface area contributed by atoms with E-state index in [4.69, 9.17) is 15.0 Å². The SMILES string of the molecule is c1ccc(-c2ccc3c4ccccc4n(-c4cccc5c4sc4c5ccc5c6c(-c7nc(-c8ccccc8)nc(-c8ccccc8)n7)cccc6n(-c6ccccc6)c54)c3c2)cc1. The molecule has 0 radical (unpaired) electrons. The number of rotatable bonds is 6. The van der Waals surface area contributed by atoms with Crippen LogP contribution in [0.15, 0.2) is 212 Å². The number of thiophene rings is 1. The highest BCUT2D eigenvalue weighted by atomic mass is 32.1. The van der Waals surface area contributed by atoms with Crippen LogP contribution in [0, 0.1) is 0 Å². The highest BCUT2D eigenvalue weighted by molar-refractivity contribution is 7.27. The van der Waals surface area contributed by atoms with Gasteiger partial charge in [0.25, 0.3) is 0 Å². The molecule has 0 saturated heterocycles. The third-order valence-corrected chi connectivity index (χ3v) is 13.6. The molecule has 0 aliphatic heterocycles. The van der Waals surface area contributed by atoms with Crippen LogP contribution in [0.3, 0.4) is 0 Å². The number of hydrogen-bond donors (Lipinski definition) is 0. The van der Waals surface area contributed by atoms with Crippen molar-refractivity contribution >= 4 is 75.1 Å². The minimum atomic E-state index is 0.639. The van der Waals surface area contributed by atoms with Crippen molar-refractivity contribution in [3.05, 3.63) is 212 Å². The molecule has 0 N–H and O–H groups in total. The van der Waals surface area contributed by atoms with Crippen molar-refractivity contribution in [3.63, 3.8) is 0 Å². The Labute approximate surface area is 366 Å². The number of hydrogen-bond acceptors (Lipinski definition) is 4. The lowest BCUT2D eigenvalue weighted by Gasteiger charge is -2.10. The molecule has 0 unspecified atom stereocenters. The lowest BCUT2D eigenvalue weighted by Crippen LogP contribution is -2.00. The lowest BCUT2D eigenvalue weighted by atomic mass is 10.0. The molecule has 0 atom stereocenters. The largest absolute Gasteiger partial charge is 0.308 e. The third-order valence-electron chi connectivity index (χ3n) is 12.4. The minimum absolute atomic E-state index is 0.639. The van der Waals surface area contributed by atoms with Crippen LogP contribution in [0.1, 0.15) is 0 Å². The van der Waals surface area contributed by atoms with Gasteiger partial charge < -0.3 is 9.13 Å². The molecule has 13 aromatic rings. The fourth-order valence-electron chi connectivity index (χ4n) is 9.56. The second kappa shape index (κ2) is 14.2. The molecule has 0 bridgehead atoms. The number of nitrogens with zero attached hydrogens (tertiary/aromatic N) is 5. The van der Waals surface area contributed by atoms with Gasteiger partial charge in [0.1, 0.15) is 0 Å². The minimum Gasteiger partial charge on any atom is -0.308 e. The van der Waals surface area contributed by atoms with Gasteiger partial charge in [0.2, 0.25) is 0 Å². The van der Waals surface area contributed by atoms with E-state index in [9.17, 15) is 0 Å². The Balaban J connectivity index is 1.11. The molecule has 6 heteroatoms. The summed E-state index contributed by atoms with van der Waals surface area (Å²) in [5.74, 6) is 1.92. The first-order chi connectivity index (χ1) is 31.3. The van der Waals surface area contributed by atoms with Gasteiger partial charge in [0, 0.05) is 54.7 Å². The second-order valence-electron chi connectivity index (χ2n) is 16.0. The van der Waals surface area contributed by atoms with Gasteiger partial charge in [-0.25, -0.2) is 15.0 Å². The summed E-state index contributed by atoms with van der Waals surface area (Å²) in [4.78, 5) is 15.5. The molecule has 63 heavy (non-hydrogen) atoms. The third kappa shape index (κ3) is 5.59. The first-order valence-electron chi connectivity index (χ1n) is 21.2. The molecule has 4 aromatic heterocycles. The van der Waals surface area contributed by atoms with Crippen molar-refractivity contribution in [3.8, 4) is 56.7 Å². The monoisotopic (exact) mass is 821 g/mol. The van der Waals surface area contributed by atoms with Crippen LogP contribution in [-0.4, -0.2) is 24.1 Å². The summed E-state index contributed by atoms with van der Waals surface area (Å²) < 4.78 is 7.40. The summed E-state index contributed by atoms with van der Waals surface area (Å²) in [6, 6.07) is 75.5. The van der Waals surface area contributed by atoms with E-state index < -0.39 is 0 Å². The number of aromatic nitrogens is 5. The molecular formula is C57H35N5S. The number of para-hydroxylation sites is 2. The maximum absolute atomic E-state index is 5.22. The van der Waals surface area contributed by atoms with Crippen LogP contribution in [-0.2, 0) is 0 Å². The molecule has 0 saturated carbocycles. The van der Waals surface area contributed by atoms with Crippen LogP contribution in [0.5, 0.6) is 0 Å². The standard InChI is InChI=1S/C57H35N5S/c1-5-17-36(18-6-1)39-31-32-42-41-25-13-14-28-47(41)62(50(42)35-39)49-30-15-26-43-44-33-34-45-51-46(27-16-29-48(51)61(40-23-11-4-12-24-40)52(45)54(44)63-53(43)49)57-59-55(37-19-7-2-8-20-37)58-56(60-57)38-21-9-3-10-22-38/h1-35H. The number of benzene rings is 9. The van der Waals surface area contributed by atoms with Crippen LogP contribution in [0.25, 0.3) is 120 Å². The quantitative estimate of drug-likeness (QED) is 0.168. The molecule has 294 valence electrons. The van der Waals surface area contributed by atoms with E-state index in [0.717, 1.165) is 38.7 Å². The lowest BCUT2D eigenvalue weighted by molar-refractivity contribution is 1.08. The summed E-state index contributed by atoms with van der Waals surface area (Å²) >= 11 is 1.88. The molecule has 13 rings (SSSR count). The average Bonchev–Trinajstić information content (AvgIpc) is 4.03. The molecule has 5 nitrogen and oxygen atoms in total. The normalized spacial score (nSPS) is 11.8. The molecule has 0 aliphatic rings. The predicted molar refractivity (Wildman–Crippen MR) is 263 cm³/mol. The first-order valence-corrected chi connectivity index (χ1v) is 22.0. The summed E-state index contributed by atoms with van der Waals surface area (Å²) in [6.07, 6.45) is 0. The Morgan fingerprint density at radius 1 is 0.333 bits per heavy atom. The van der Waals surface area contributed by atoms with Crippen molar-refractivity contribution in [2.45, 2.75) is 0 Å². The van der Waals surface area contributed by atoms with Gasteiger partial charge in [-0.05, 0) is 47.5 Å². The molecule has 0 spiro atoms. The Morgan fingerprint density at radius 2 is 0.873 bits per heavy atom. The molecular weight excluding hydrogens is 787 g/mol. The Kier molecular flexibility index (Phi) is 8.01. The fraction of sp³-hybridized carbons (Fsp3) is 0. The molecule has 0 aliphatic carbocycles. The van der Waals surface area contributed by atoms with E-state index >= 15 is 0 Å². The Hall–Kier alpha value is -8.19. The van der Waals surface area contributed by atoms with Crippen LogP contribution in [0.2, 0.25) is 0 Å². The highest BCUT2D eigenvalue weighted by Crippen LogP contribution is 2.47. The summed E-state index contributed by atoms with van der Waals surface area (Å²) in [5, 5.41) is 7.21. The topological polar surface area (TPSA) is 48.5 Å². The van der Waals surface area contributed by atoms with Crippen molar-refractivity contribution in [1.82, 2.24) is 24.1 Å². The van der Waals surface area contributed by atoms with Crippen LogP contribution in [0.4, 0.5) is 0 Å².